The van der Waals surface area contributed by atoms with Gasteiger partial charge in [0.15, 0.2) is 11.5 Å². The van der Waals surface area contributed by atoms with Crippen LogP contribution in [0.15, 0.2) is 12.1 Å². The fraction of sp³-hybridized carbons (Fsp3) is 0.647. The molecule has 0 unspecified atom stereocenters. The fourth-order valence-corrected chi connectivity index (χ4v) is 2.91. The van der Waals surface area contributed by atoms with Crippen LogP contribution in [0.3, 0.4) is 0 Å². The summed E-state index contributed by atoms with van der Waals surface area (Å²) < 4.78 is 11.2. The van der Waals surface area contributed by atoms with E-state index in [9.17, 15) is 0 Å². The maximum atomic E-state index is 6.34. The number of nitrogens with one attached hydrogen (secondary N) is 2. The van der Waals surface area contributed by atoms with Crippen molar-refractivity contribution in [2.75, 3.05) is 46.4 Å². The van der Waals surface area contributed by atoms with Gasteiger partial charge < -0.3 is 20.1 Å². The number of halogens is 1. The van der Waals surface area contributed by atoms with Gasteiger partial charge in [-0.2, -0.15) is 0 Å². The fourth-order valence-electron chi connectivity index (χ4n) is 2.63. The summed E-state index contributed by atoms with van der Waals surface area (Å²) in [6.07, 6.45) is 0.0596. The number of rotatable bonds is 8. The first kappa shape index (κ1) is 18.3. The van der Waals surface area contributed by atoms with E-state index in [1.807, 2.05) is 26.0 Å². The summed E-state index contributed by atoms with van der Waals surface area (Å²) in [6, 6.07) is 3.93. The highest BCUT2D eigenvalue weighted by Gasteiger charge is 2.13. The van der Waals surface area contributed by atoms with E-state index in [1.54, 1.807) is 7.11 Å². The molecule has 2 rings (SSSR count). The minimum absolute atomic E-state index is 0.0596. The standard InChI is InChI=1S/C17H28ClN3O2/c1-13(2)23-17-15(18)10-14(11-16(17)22-3)12-20-6-9-21-7-4-19-5-8-21/h10-11,13,19-20H,4-9,12H2,1-3H3. The Kier molecular flexibility index (Phi) is 7.43. The topological polar surface area (TPSA) is 45.8 Å². The Morgan fingerprint density at radius 3 is 2.70 bits per heavy atom. The van der Waals surface area contributed by atoms with Crippen LogP contribution in [-0.4, -0.2) is 57.4 Å². The Morgan fingerprint density at radius 1 is 1.30 bits per heavy atom. The Morgan fingerprint density at radius 2 is 2.04 bits per heavy atom. The second-order valence-electron chi connectivity index (χ2n) is 6.04. The van der Waals surface area contributed by atoms with Crippen LogP contribution in [0.4, 0.5) is 0 Å². The van der Waals surface area contributed by atoms with Gasteiger partial charge in [-0.25, -0.2) is 0 Å². The van der Waals surface area contributed by atoms with Crippen LogP contribution in [0.2, 0.25) is 5.02 Å². The van der Waals surface area contributed by atoms with E-state index in [2.05, 4.69) is 15.5 Å². The predicted octanol–water partition coefficient (Wildman–Crippen LogP) is 2.13. The molecule has 0 aliphatic carbocycles. The minimum atomic E-state index is 0.0596. The highest BCUT2D eigenvalue weighted by atomic mass is 35.5. The first-order chi connectivity index (χ1) is 11.1. The smallest absolute Gasteiger partial charge is 0.180 e. The summed E-state index contributed by atoms with van der Waals surface area (Å²) in [4.78, 5) is 2.47. The summed E-state index contributed by atoms with van der Waals surface area (Å²) in [7, 11) is 1.64. The second-order valence-corrected chi connectivity index (χ2v) is 6.45. The molecule has 0 saturated carbocycles. The SMILES string of the molecule is COc1cc(CNCCN2CCNCC2)cc(Cl)c1OC(C)C. The normalized spacial score (nSPS) is 15.9. The van der Waals surface area contributed by atoms with Crippen molar-refractivity contribution in [1.82, 2.24) is 15.5 Å². The van der Waals surface area contributed by atoms with Gasteiger partial charge in [0, 0.05) is 45.8 Å². The number of ether oxygens (including phenoxy) is 2. The van der Waals surface area contributed by atoms with Crippen molar-refractivity contribution in [3.05, 3.63) is 22.7 Å². The molecule has 130 valence electrons. The summed E-state index contributed by atoms with van der Waals surface area (Å²) in [5.74, 6) is 1.30. The van der Waals surface area contributed by atoms with Gasteiger partial charge in [0.1, 0.15) is 0 Å². The van der Waals surface area contributed by atoms with Gasteiger partial charge in [-0.05, 0) is 31.5 Å². The largest absolute Gasteiger partial charge is 0.493 e. The number of benzene rings is 1. The van der Waals surface area contributed by atoms with Gasteiger partial charge in [0.25, 0.3) is 0 Å². The predicted molar refractivity (Wildman–Crippen MR) is 94.8 cm³/mol. The van der Waals surface area contributed by atoms with Gasteiger partial charge in [0.05, 0.1) is 18.2 Å². The molecule has 1 fully saturated rings. The minimum Gasteiger partial charge on any atom is -0.493 e. The van der Waals surface area contributed by atoms with Crippen molar-refractivity contribution < 1.29 is 9.47 Å². The number of methoxy groups -OCH3 is 1. The van der Waals surface area contributed by atoms with Crippen molar-refractivity contribution >= 4 is 11.6 Å². The van der Waals surface area contributed by atoms with E-state index in [0.29, 0.717) is 16.5 Å². The molecule has 1 saturated heterocycles. The van der Waals surface area contributed by atoms with Gasteiger partial charge >= 0.3 is 0 Å². The van der Waals surface area contributed by atoms with Crippen molar-refractivity contribution in [2.45, 2.75) is 26.5 Å². The van der Waals surface area contributed by atoms with Crippen molar-refractivity contribution in [1.29, 1.82) is 0 Å². The van der Waals surface area contributed by atoms with Gasteiger partial charge in [-0.15, -0.1) is 0 Å². The van der Waals surface area contributed by atoms with Crippen LogP contribution < -0.4 is 20.1 Å². The van der Waals surface area contributed by atoms with Crippen molar-refractivity contribution in [3.63, 3.8) is 0 Å². The third-order valence-electron chi connectivity index (χ3n) is 3.79. The van der Waals surface area contributed by atoms with E-state index in [1.165, 1.54) is 0 Å². The first-order valence-electron chi connectivity index (χ1n) is 8.27. The van der Waals surface area contributed by atoms with E-state index < -0.39 is 0 Å². The molecule has 1 aliphatic heterocycles. The zero-order chi connectivity index (χ0) is 16.7. The molecule has 6 heteroatoms. The highest BCUT2D eigenvalue weighted by Crippen LogP contribution is 2.37. The molecular formula is C17H28ClN3O2. The third-order valence-corrected chi connectivity index (χ3v) is 4.07. The summed E-state index contributed by atoms with van der Waals surface area (Å²) in [6.45, 7) is 11.2. The highest BCUT2D eigenvalue weighted by molar-refractivity contribution is 6.32. The van der Waals surface area contributed by atoms with E-state index >= 15 is 0 Å². The maximum Gasteiger partial charge on any atom is 0.180 e. The molecule has 1 aromatic rings. The van der Waals surface area contributed by atoms with E-state index in [-0.39, 0.29) is 6.10 Å². The number of nitrogens with zero attached hydrogens (tertiary/aromatic N) is 1. The Labute approximate surface area is 144 Å². The molecule has 2 N–H and O–H groups in total. The lowest BCUT2D eigenvalue weighted by Gasteiger charge is -2.27. The first-order valence-corrected chi connectivity index (χ1v) is 8.64. The number of piperazine rings is 1. The molecule has 0 atom stereocenters. The van der Waals surface area contributed by atoms with E-state index in [4.69, 9.17) is 21.1 Å². The van der Waals surface area contributed by atoms with Gasteiger partial charge in [-0.1, -0.05) is 11.6 Å². The molecule has 1 aromatic carbocycles. The van der Waals surface area contributed by atoms with Crippen LogP contribution >= 0.6 is 11.6 Å². The Hall–Kier alpha value is -1.01. The molecule has 0 radical (unpaired) electrons. The average Bonchev–Trinajstić information content (AvgIpc) is 2.54. The van der Waals surface area contributed by atoms with Crippen LogP contribution in [0, 0.1) is 0 Å². The second kappa shape index (κ2) is 9.33. The van der Waals surface area contributed by atoms with E-state index in [0.717, 1.165) is 51.4 Å². The van der Waals surface area contributed by atoms with Crippen molar-refractivity contribution in [2.24, 2.45) is 0 Å². The molecule has 1 aliphatic rings. The maximum absolute atomic E-state index is 6.34. The summed E-state index contributed by atoms with van der Waals surface area (Å²) in [5.41, 5.74) is 1.10. The molecule has 0 spiro atoms. The lowest BCUT2D eigenvalue weighted by atomic mass is 10.2. The zero-order valence-electron chi connectivity index (χ0n) is 14.3. The third kappa shape index (κ3) is 5.84. The average molecular weight is 342 g/mol. The molecule has 23 heavy (non-hydrogen) atoms. The van der Waals surface area contributed by atoms with Gasteiger partial charge in [-0.3, -0.25) is 4.90 Å². The van der Waals surface area contributed by atoms with Crippen LogP contribution in [-0.2, 0) is 6.54 Å². The molecular weight excluding hydrogens is 314 g/mol. The molecule has 0 bridgehead atoms. The lowest BCUT2D eigenvalue weighted by molar-refractivity contribution is 0.230. The Balaban J connectivity index is 1.86. The van der Waals surface area contributed by atoms with Crippen LogP contribution in [0.5, 0.6) is 11.5 Å². The number of hydrogen-bond acceptors (Lipinski definition) is 5. The molecule has 1 heterocycles. The van der Waals surface area contributed by atoms with Crippen LogP contribution in [0.1, 0.15) is 19.4 Å². The molecule has 5 nitrogen and oxygen atoms in total. The quantitative estimate of drug-likeness (QED) is 0.709. The lowest BCUT2D eigenvalue weighted by Crippen LogP contribution is -2.45. The Bertz CT molecular complexity index is 491. The summed E-state index contributed by atoms with van der Waals surface area (Å²) >= 11 is 6.34. The molecule has 0 amide bonds. The summed E-state index contributed by atoms with van der Waals surface area (Å²) in [5, 5.41) is 7.43. The number of hydrogen-bond donors (Lipinski definition) is 2. The van der Waals surface area contributed by atoms with Crippen LogP contribution in [0.25, 0.3) is 0 Å². The van der Waals surface area contributed by atoms with Crippen molar-refractivity contribution in [3.8, 4) is 11.5 Å². The zero-order valence-corrected chi connectivity index (χ0v) is 15.1. The monoisotopic (exact) mass is 341 g/mol. The van der Waals surface area contributed by atoms with Gasteiger partial charge in [0.2, 0.25) is 0 Å². The molecule has 0 aromatic heterocycles.